The second-order valence-corrected chi connectivity index (χ2v) is 5.44. The van der Waals surface area contributed by atoms with Crippen molar-refractivity contribution in [3.63, 3.8) is 0 Å². The lowest BCUT2D eigenvalue weighted by molar-refractivity contribution is -0.129. The minimum Gasteiger partial charge on any atom is -0.476 e. The van der Waals surface area contributed by atoms with Crippen molar-refractivity contribution in [2.75, 3.05) is 0 Å². The summed E-state index contributed by atoms with van der Waals surface area (Å²) in [6.45, 7) is 0. The molecule has 0 spiro atoms. The van der Waals surface area contributed by atoms with Crippen molar-refractivity contribution in [1.82, 2.24) is 5.32 Å². The van der Waals surface area contributed by atoms with Gasteiger partial charge in [-0.1, -0.05) is 0 Å². The fourth-order valence-electron chi connectivity index (χ4n) is 1.50. The Labute approximate surface area is 97.3 Å². The van der Waals surface area contributed by atoms with Crippen LogP contribution in [-0.2, 0) is 19.6 Å². The van der Waals surface area contributed by atoms with Crippen molar-refractivity contribution < 1.29 is 23.1 Å². The van der Waals surface area contributed by atoms with Gasteiger partial charge in [0.1, 0.15) is 0 Å². The van der Waals surface area contributed by atoms with Gasteiger partial charge in [0.15, 0.2) is 10.6 Å². The lowest BCUT2D eigenvalue weighted by atomic mass is 9.93. The zero-order valence-electron chi connectivity index (χ0n) is 8.71. The summed E-state index contributed by atoms with van der Waals surface area (Å²) in [4.78, 5) is 21.6. The van der Waals surface area contributed by atoms with E-state index in [9.17, 15) is 18.0 Å². The number of carboxylic acids is 1. The van der Waals surface area contributed by atoms with Gasteiger partial charge in [0.25, 0.3) is 15.9 Å². The maximum atomic E-state index is 11.6. The van der Waals surface area contributed by atoms with Gasteiger partial charge >= 0.3 is 5.97 Å². The predicted molar refractivity (Wildman–Crippen MR) is 57.9 cm³/mol. The van der Waals surface area contributed by atoms with Crippen LogP contribution in [0.15, 0.2) is 15.4 Å². The van der Waals surface area contributed by atoms with Crippen LogP contribution in [0, 0.1) is 0 Å². The molecule has 0 bridgehead atoms. The fraction of sp³-hybridized carbons (Fsp3) is 0.444. The molecule has 1 saturated carbocycles. The molecule has 17 heavy (non-hydrogen) atoms. The Kier molecular flexibility index (Phi) is 2.74. The molecule has 2 rings (SSSR count). The molecule has 7 nitrogen and oxygen atoms in total. The van der Waals surface area contributed by atoms with Crippen LogP contribution < -0.4 is 5.32 Å². The molecule has 1 amide bonds. The second kappa shape index (κ2) is 3.95. The lowest BCUT2D eigenvalue weighted by Gasteiger charge is -2.26. The Hall–Kier alpha value is -1.70. The number of nitrogens with zero attached hydrogens (tertiary/aromatic N) is 1. The Balaban J connectivity index is 2.18. The van der Waals surface area contributed by atoms with E-state index >= 15 is 0 Å². The fourth-order valence-corrected chi connectivity index (χ4v) is 2.54. The summed E-state index contributed by atoms with van der Waals surface area (Å²) in [6, 6.07) is -0.0209. The van der Waals surface area contributed by atoms with E-state index in [1.807, 2.05) is 0 Å². The van der Waals surface area contributed by atoms with E-state index in [0.717, 1.165) is 25.3 Å². The molecule has 8 heteroatoms. The summed E-state index contributed by atoms with van der Waals surface area (Å²) in [6.07, 6.45) is 3.40. The minimum atomic E-state index is -4.15. The molecule has 92 valence electrons. The smallest absolute Gasteiger partial charge is 0.355 e. The Morgan fingerprint density at radius 2 is 2.06 bits per heavy atom. The molecule has 0 aromatic heterocycles. The van der Waals surface area contributed by atoms with Crippen LogP contribution in [0.5, 0.6) is 0 Å². The first kappa shape index (κ1) is 11.8. The Bertz CT molecular complexity index is 542. The van der Waals surface area contributed by atoms with E-state index in [0.29, 0.717) is 0 Å². The standard InChI is InChI=1S/C9H10N2O5S/c12-8(10-5-2-1-3-5)7-4-6(9(13)14)11-17(7,15)16/h4-5H,1-3H2,(H,10,12)(H,13,14). The third-order valence-corrected chi connectivity index (χ3v) is 3.94. The van der Waals surface area contributed by atoms with Crippen molar-refractivity contribution in [2.45, 2.75) is 25.3 Å². The molecule has 2 aliphatic rings. The number of hydrogen-bond acceptors (Lipinski definition) is 4. The predicted octanol–water partition coefficient (Wildman–Crippen LogP) is -0.592. The van der Waals surface area contributed by atoms with Crippen molar-refractivity contribution in [1.29, 1.82) is 0 Å². The van der Waals surface area contributed by atoms with E-state index in [-0.39, 0.29) is 6.04 Å². The molecule has 0 aromatic carbocycles. The van der Waals surface area contributed by atoms with Gasteiger partial charge in [-0.15, -0.1) is 0 Å². The SMILES string of the molecule is O=C(O)C1=NS(=O)(=O)C(C(=O)NC2CCC2)=C1. The molecule has 0 saturated heterocycles. The van der Waals surface area contributed by atoms with Crippen LogP contribution >= 0.6 is 0 Å². The van der Waals surface area contributed by atoms with Crippen molar-refractivity contribution >= 4 is 27.6 Å². The summed E-state index contributed by atoms with van der Waals surface area (Å²) in [5, 5.41) is 11.1. The van der Waals surface area contributed by atoms with Crippen LogP contribution in [0.2, 0.25) is 0 Å². The van der Waals surface area contributed by atoms with Gasteiger partial charge in [-0.05, 0) is 25.3 Å². The topological polar surface area (TPSA) is 113 Å². The van der Waals surface area contributed by atoms with Crippen LogP contribution in [0.25, 0.3) is 0 Å². The maximum absolute atomic E-state index is 11.6. The van der Waals surface area contributed by atoms with Crippen LogP contribution in [0.1, 0.15) is 19.3 Å². The molecular formula is C9H10N2O5S. The molecule has 0 radical (unpaired) electrons. The highest BCUT2D eigenvalue weighted by molar-refractivity contribution is 7.95. The van der Waals surface area contributed by atoms with E-state index < -0.39 is 32.5 Å². The number of sulfonamides is 1. The van der Waals surface area contributed by atoms with Gasteiger partial charge in [0.2, 0.25) is 0 Å². The molecule has 0 unspecified atom stereocenters. The minimum absolute atomic E-state index is 0.0209. The molecule has 1 aliphatic heterocycles. The van der Waals surface area contributed by atoms with Crippen LogP contribution in [0.4, 0.5) is 0 Å². The number of carboxylic acid groups (broad SMARTS) is 1. The Morgan fingerprint density at radius 1 is 1.41 bits per heavy atom. The molecule has 0 atom stereocenters. The highest BCUT2D eigenvalue weighted by atomic mass is 32.2. The molecule has 1 aliphatic carbocycles. The van der Waals surface area contributed by atoms with E-state index in [2.05, 4.69) is 9.71 Å². The third-order valence-electron chi connectivity index (χ3n) is 2.65. The second-order valence-electron chi connectivity index (χ2n) is 3.87. The monoisotopic (exact) mass is 258 g/mol. The normalized spacial score (nSPS) is 22.4. The first-order valence-corrected chi connectivity index (χ1v) is 6.45. The average molecular weight is 258 g/mol. The maximum Gasteiger partial charge on any atom is 0.355 e. The number of hydrogen-bond donors (Lipinski definition) is 2. The van der Waals surface area contributed by atoms with Gasteiger partial charge < -0.3 is 10.4 Å². The van der Waals surface area contributed by atoms with Crippen LogP contribution in [0.3, 0.4) is 0 Å². The van der Waals surface area contributed by atoms with Crippen molar-refractivity contribution in [3.05, 3.63) is 11.0 Å². The van der Waals surface area contributed by atoms with E-state index in [1.165, 1.54) is 0 Å². The lowest BCUT2D eigenvalue weighted by Crippen LogP contribution is -2.40. The van der Waals surface area contributed by atoms with Crippen molar-refractivity contribution in [3.8, 4) is 0 Å². The first-order chi connectivity index (χ1) is 7.90. The van der Waals surface area contributed by atoms with Gasteiger partial charge in [0.05, 0.1) is 0 Å². The quantitative estimate of drug-likeness (QED) is 0.702. The zero-order valence-corrected chi connectivity index (χ0v) is 9.53. The largest absolute Gasteiger partial charge is 0.476 e. The summed E-state index contributed by atoms with van der Waals surface area (Å²) in [5.41, 5.74) is -0.635. The van der Waals surface area contributed by atoms with Crippen LogP contribution in [-0.4, -0.2) is 37.2 Å². The summed E-state index contributed by atoms with van der Waals surface area (Å²) in [5.74, 6) is -2.25. The number of amides is 1. The average Bonchev–Trinajstić information content (AvgIpc) is 2.48. The number of rotatable bonds is 3. The van der Waals surface area contributed by atoms with Gasteiger partial charge in [-0.3, -0.25) is 4.79 Å². The van der Waals surface area contributed by atoms with Gasteiger partial charge in [0, 0.05) is 6.04 Å². The number of carbonyl (C=O) groups excluding carboxylic acids is 1. The number of carbonyl (C=O) groups is 2. The van der Waals surface area contributed by atoms with Gasteiger partial charge in [-0.2, -0.15) is 12.8 Å². The first-order valence-electron chi connectivity index (χ1n) is 5.01. The highest BCUT2D eigenvalue weighted by Crippen LogP contribution is 2.21. The molecule has 1 heterocycles. The molecular weight excluding hydrogens is 248 g/mol. The number of aliphatic carboxylic acids is 1. The van der Waals surface area contributed by atoms with Crippen molar-refractivity contribution in [2.24, 2.45) is 4.40 Å². The third kappa shape index (κ3) is 2.21. The highest BCUT2D eigenvalue weighted by Gasteiger charge is 2.34. The molecule has 1 fully saturated rings. The molecule has 2 N–H and O–H groups in total. The summed E-state index contributed by atoms with van der Waals surface area (Å²) < 4.78 is 25.9. The van der Waals surface area contributed by atoms with Gasteiger partial charge in [-0.25, -0.2) is 4.79 Å². The summed E-state index contributed by atoms with van der Waals surface area (Å²) >= 11 is 0. The summed E-state index contributed by atoms with van der Waals surface area (Å²) in [7, 11) is -4.15. The number of nitrogens with one attached hydrogen (secondary N) is 1. The van der Waals surface area contributed by atoms with E-state index in [4.69, 9.17) is 5.11 Å². The van der Waals surface area contributed by atoms with E-state index in [1.54, 1.807) is 0 Å². The zero-order chi connectivity index (χ0) is 12.6. The Morgan fingerprint density at radius 3 is 2.47 bits per heavy atom. The molecule has 0 aromatic rings.